The van der Waals surface area contributed by atoms with E-state index in [0.717, 1.165) is 12.1 Å². The van der Waals surface area contributed by atoms with Crippen LogP contribution in [0.1, 0.15) is 13.8 Å². The molecule has 6 heteroatoms. The summed E-state index contributed by atoms with van der Waals surface area (Å²) in [5.74, 6) is 1.14. The monoisotopic (exact) mass is 251 g/mol. The van der Waals surface area contributed by atoms with E-state index >= 15 is 0 Å². The van der Waals surface area contributed by atoms with Gasteiger partial charge in [0.25, 0.3) is 0 Å². The minimum atomic E-state index is 0.464. The van der Waals surface area contributed by atoms with Crippen LogP contribution in [-0.4, -0.2) is 20.2 Å². The fraction of sp³-hybridized carbons (Fsp3) is 0.364. The number of halogens is 1. The molecule has 0 fully saturated rings. The molecular weight excluding hydrogens is 238 g/mol. The molecule has 0 aliphatic rings. The number of benzene rings is 1. The van der Waals surface area contributed by atoms with Gasteiger partial charge in [0.2, 0.25) is 0 Å². The summed E-state index contributed by atoms with van der Waals surface area (Å²) < 4.78 is 1.75. The maximum absolute atomic E-state index is 5.92. The molecule has 5 nitrogen and oxygen atoms in total. The van der Waals surface area contributed by atoms with Crippen molar-refractivity contribution in [2.24, 2.45) is 5.92 Å². The van der Waals surface area contributed by atoms with E-state index in [2.05, 4.69) is 29.4 Å². The third kappa shape index (κ3) is 2.55. The number of hydrogen-bond donors (Lipinski definition) is 1. The molecular formula is C11H14ClN5. The highest BCUT2D eigenvalue weighted by atomic mass is 35.5. The van der Waals surface area contributed by atoms with Gasteiger partial charge in [-0.25, -0.2) is 4.68 Å². The normalized spacial score (nSPS) is 11.1. The predicted octanol–water partition coefficient (Wildman–Crippen LogP) is 2.23. The number of anilines is 1. The Morgan fingerprint density at radius 2 is 2.18 bits per heavy atom. The van der Waals surface area contributed by atoms with Crippen LogP contribution in [0.15, 0.2) is 18.2 Å². The standard InChI is InChI=1S/C11H14ClN5/c1-7(2)6-17-11(14-15-16-17)9-4-3-8(12)5-10(9)13/h3-5,7H,6,13H2,1-2H3. The third-order valence-electron chi connectivity index (χ3n) is 2.32. The van der Waals surface area contributed by atoms with Crippen LogP contribution in [0, 0.1) is 5.92 Å². The number of hydrogen-bond acceptors (Lipinski definition) is 4. The zero-order valence-corrected chi connectivity index (χ0v) is 10.5. The lowest BCUT2D eigenvalue weighted by Gasteiger charge is -2.08. The molecule has 0 radical (unpaired) electrons. The maximum Gasteiger partial charge on any atom is 0.184 e. The van der Waals surface area contributed by atoms with Crippen LogP contribution in [0.2, 0.25) is 5.02 Å². The molecule has 0 amide bonds. The van der Waals surface area contributed by atoms with Gasteiger partial charge in [-0.3, -0.25) is 0 Å². The Morgan fingerprint density at radius 1 is 1.41 bits per heavy atom. The van der Waals surface area contributed by atoms with Gasteiger partial charge in [0, 0.05) is 22.8 Å². The van der Waals surface area contributed by atoms with Crippen molar-refractivity contribution in [3.8, 4) is 11.4 Å². The summed E-state index contributed by atoms with van der Waals surface area (Å²) in [6, 6.07) is 5.31. The highest BCUT2D eigenvalue weighted by Gasteiger charge is 2.12. The summed E-state index contributed by atoms with van der Waals surface area (Å²) in [6.45, 7) is 4.97. The molecule has 1 heterocycles. The highest BCUT2D eigenvalue weighted by Crippen LogP contribution is 2.26. The van der Waals surface area contributed by atoms with Gasteiger partial charge in [0.15, 0.2) is 5.82 Å². The molecule has 0 bridgehead atoms. The minimum Gasteiger partial charge on any atom is -0.398 e. The van der Waals surface area contributed by atoms with Crippen molar-refractivity contribution in [2.75, 3.05) is 5.73 Å². The van der Waals surface area contributed by atoms with Gasteiger partial charge in [-0.2, -0.15) is 0 Å². The largest absolute Gasteiger partial charge is 0.398 e. The number of nitrogen functional groups attached to an aromatic ring is 1. The molecule has 0 saturated heterocycles. The van der Waals surface area contributed by atoms with Crippen molar-refractivity contribution >= 4 is 17.3 Å². The zero-order valence-electron chi connectivity index (χ0n) is 9.76. The summed E-state index contributed by atoms with van der Waals surface area (Å²) in [7, 11) is 0. The van der Waals surface area contributed by atoms with E-state index in [9.17, 15) is 0 Å². The molecule has 0 aliphatic carbocycles. The van der Waals surface area contributed by atoms with E-state index in [1.54, 1.807) is 16.8 Å². The number of tetrazole rings is 1. The second-order valence-corrected chi connectivity index (χ2v) is 4.75. The van der Waals surface area contributed by atoms with E-state index in [1.807, 2.05) is 6.07 Å². The average Bonchev–Trinajstić information content (AvgIpc) is 2.65. The van der Waals surface area contributed by atoms with Crippen LogP contribution < -0.4 is 5.73 Å². The Balaban J connectivity index is 2.42. The molecule has 0 spiro atoms. The van der Waals surface area contributed by atoms with Crippen LogP contribution in [-0.2, 0) is 6.54 Å². The summed E-state index contributed by atoms with van der Waals surface area (Å²) in [5, 5.41) is 12.3. The average molecular weight is 252 g/mol. The SMILES string of the molecule is CC(C)Cn1nnnc1-c1ccc(Cl)cc1N. The van der Waals surface area contributed by atoms with Crippen LogP contribution in [0.5, 0.6) is 0 Å². The summed E-state index contributed by atoms with van der Waals surface area (Å²) in [6.07, 6.45) is 0. The molecule has 0 aliphatic heterocycles. The first-order valence-electron chi connectivity index (χ1n) is 5.39. The second-order valence-electron chi connectivity index (χ2n) is 4.31. The predicted molar refractivity (Wildman–Crippen MR) is 67.5 cm³/mol. The number of rotatable bonds is 3. The van der Waals surface area contributed by atoms with Crippen molar-refractivity contribution in [3.63, 3.8) is 0 Å². The van der Waals surface area contributed by atoms with Crippen LogP contribution in [0.25, 0.3) is 11.4 Å². The first-order chi connectivity index (χ1) is 8.08. The van der Waals surface area contributed by atoms with Crippen LogP contribution >= 0.6 is 11.6 Å². The van der Waals surface area contributed by atoms with E-state index in [1.165, 1.54) is 0 Å². The van der Waals surface area contributed by atoms with Gasteiger partial charge >= 0.3 is 0 Å². The van der Waals surface area contributed by atoms with Crippen LogP contribution in [0.3, 0.4) is 0 Å². The molecule has 90 valence electrons. The minimum absolute atomic E-state index is 0.464. The Bertz CT molecular complexity index is 520. The van der Waals surface area contributed by atoms with E-state index in [0.29, 0.717) is 22.5 Å². The lowest BCUT2D eigenvalue weighted by Crippen LogP contribution is -2.08. The first-order valence-corrected chi connectivity index (χ1v) is 5.77. The number of aromatic nitrogens is 4. The summed E-state index contributed by atoms with van der Waals surface area (Å²) in [5.41, 5.74) is 7.31. The first kappa shape index (κ1) is 11.9. The van der Waals surface area contributed by atoms with Crippen molar-refractivity contribution in [1.29, 1.82) is 0 Å². The fourth-order valence-electron chi connectivity index (χ4n) is 1.60. The lowest BCUT2D eigenvalue weighted by molar-refractivity contribution is 0.475. The highest BCUT2D eigenvalue weighted by molar-refractivity contribution is 6.31. The van der Waals surface area contributed by atoms with Crippen molar-refractivity contribution in [3.05, 3.63) is 23.2 Å². The molecule has 1 aromatic carbocycles. The second kappa shape index (κ2) is 4.71. The fourth-order valence-corrected chi connectivity index (χ4v) is 1.78. The Hall–Kier alpha value is -1.62. The smallest absolute Gasteiger partial charge is 0.184 e. The topological polar surface area (TPSA) is 69.6 Å². The maximum atomic E-state index is 5.92. The zero-order chi connectivity index (χ0) is 12.4. The molecule has 2 aromatic rings. The van der Waals surface area contributed by atoms with Gasteiger partial charge in [0.05, 0.1) is 0 Å². The number of nitrogens with zero attached hydrogens (tertiary/aromatic N) is 4. The Kier molecular flexibility index (Phi) is 3.28. The molecule has 2 N–H and O–H groups in total. The lowest BCUT2D eigenvalue weighted by atomic mass is 10.1. The summed E-state index contributed by atoms with van der Waals surface area (Å²) >= 11 is 5.86. The quantitative estimate of drug-likeness (QED) is 0.850. The molecule has 0 saturated carbocycles. The molecule has 0 unspecified atom stereocenters. The van der Waals surface area contributed by atoms with Gasteiger partial charge < -0.3 is 5.73 Å². The molecule has 1 aromatic heterocycles. The van der Waals surface area contributed by atoms with Gasteiger partial charge in [-0.15, -0.1) is 5.10 Å². The van der Waals surface area contributed by atoms with Crippen LogP contribution in [0.4, 0.5) is 5.69 Å². The van der Waals surface area contributed by atoms with Crippen molar-refractivity contribution < 1.29 is 0 Å². The van der Waals surface area contributed by atoms with Crippen molar-refractivity contribution in [2.45, 2.75) is 20.4 Å². The van der Waals surface area contributed by atoms with E-state index < -0.39 is 0 Å². The molecule has 2 rings (SSSR count). The third-order valence-corrected chi connectivity index (χ3v) is 2.56. The Labute approximate surface area is 105 Å². The molecule has 17 heavy (non-hydrogen) atoms. The van der Waals surface area contributed by atoms with E-state index in [-0.39, 0.29) is 0 Å². The van der Waals surface area contributed by atoms with Gasteiger partial charge in [-0.1, -0.05) is 25.4 Å². The molecule has 0 atom stereocenters. The van der Waals surface area contributed by atoms with Gasteiger partial charge in [-0.05, 0) is 34.5 Å². The summed E-state index contributed by atoms with van der Waals surface area (Å²) in [4.78, 5) is 0. The number of nitrogens with two attached hydrogens (primary N) is 1. The van der Waals surface area contributed by atoms with Gasteiger partial charge in [0.1, 0.15) is 0 Å². The Morgan fingerprint density at radius 3 is 2.82 bits per heavy atom. The van der Waals surface area contributed by atoms with E-state index in [4.69, 9.17) is 17.3 Å². The van der Waals surface area contributed by atoms with Crippen molar-refractivity contribution in [1.82, 2.24) is 20.2 Å².